The Morgan fingerprint density at radius 2 is 1.90 bits per heavy atom. The van der Waals surface area contributed by atoms with Gasteiger partial charge in [-0.05, 0) is 81.7 Å². The standard InChI is InChI=1S/C29H33Cl2F2N5O3/c1-16(22-6-5-19(30)8-23(22)31)38-24-9-20(10-25(41-28(32)33)26(24)34-35-38)37-14-18(15-37)17-4-3-7-36(13-17)21-11-29(2,12-21)27(39)40/h5-6,8-10,16-18,21,28H,3-4,7,11-15H2,1-2H3,(H,39,40)/t16-,17+,21?,29?/m1/s1. The lowest BCUT2D eigenvalue weighted by Gasteiger charge is -2.52. The Labute approximate surface area is 247 Å². The molecule has 2 aliphatic heterocycles. The third-order valence-electron chi connectivity index (χ3n) is 9.36. The molecular weight excluding hydrogens is 575 g/mol. The molecule has 1 N–H and O–H groups in total. The van der Waals surface area contributed by atoms with Crippen LogP contribution < -0.4 is 9.64 Å². The van der Waals surface area contributed by atoms with Crippen LogP contribution in [0, 0.1) is 17.3 Å². The molecule has 0 amide bonds. The quantitative estimate of drug-likeness (QED) is 0.319. The molecule has 1 saturated carbocycles. The zero-order valence-corrected chi connectivity index (χ0v) is 24.5. The van der Waals surface area contributed by atoms with E-state index >= 15 is 0 Å². The molecule has 3 aliphatic rings. The lowest BCUT2D eigenvalue weighted by molar-refractivity contribution is -0.158. The van der Waals surface area contributed by atoms with E-state index in [0.29, 0.717) is 46.3 Å². The van der Waals surface area contributed by atoms with Crippen molar-refractivity contribution in [2.45, 2.75) is 58.2 Å². The molecule has 0 bridgehead atoms. The number of rotatable bonds is 8. The maximum atomic E-state index is 13.4. The number of aliphatic carboxylic acids is 1. The van der Waals surface area contributed by atoms with Gasteiger partial charge in [0.15, 0.2) is 11.3 Å². The number of piperidine rings is 1. The summed E-state index contributed by atoms with van der Waals surface area (Å²) in [4.78, 5) is 16.2. The van der Waals surface area contributed by atoms with Crippen molar-refractivity contribution < 1.29 is 23.4 Å². The molecule has 0 unspecified atom stereocenters. The molecule has 2 aromatic carbocycles. The second-order valence-electron chi connectivity index (χ2n) is 12.1. The van der Waals surface area contributed by atoms with Gasteiger partial charge in [-0.2, -0.15) is 8.78 Å². The summed E-state index contributed by atoms with van der Waals surface area (Å²) in [5.74, 6) is 0.295. The SMILES string of the molecule is C[C@H](c1ccc(Cl)cc1Cl)n1nnc2c(OC(F)F)cc(N3CC([C@H]4CCCN(C5CC(C)(C(=O)O)C5)C4)C3)cc21. The van der Waals surface area contributed by atoms with Crippen LogP contribution in [-0.2, 0) is 4.79 Å². The van der Waals surface area contributed by atoms with Gasteiger partial charge in [0, 0.05) is 47.5 Å². The first-order chi connectivity index (χ1) is 19.5. The summed E-state index contributed by atoms with van der Waals surface area (Å²) in [6.45, 7) is 4.39. The highest BCUT2D eigenvalue weighted by molar-refractivity contribution is 6.35. The molecule has 0 radical (unpaired) electrons. The van der Waals surface area contributed by atoms with E-state index in [0.717, 1.165) is 50.3 Å². The summed E-state index contributed by atoms with van der Waals surface area (Å²) in [6.07, 6.45) is 3.67. The molecule has 3 heterocycles. The van der Waals surface area contributed by atoms with Crippen LogP contribution in [-0.4, -0.2) is 69.8 Å². The number of alkyl halides is 2. The number of hydrogen-bond donors (Lipinski definition) is 1. The van der Waals surface area contributed by atoms with Gasteiger partial charge in [-0.15, -0.1) is 5.10 Å². The molecule has 220 valence electrons. The van der Waals surface area contributed by atoms with Gasteiger partial charge in [-0.3, -0.25) is 4.79 Å². The van der Waals surface area contributed by atoms with Gasteiger partial charge in [0.1, 0.15) is 0 Å². The molecule has 1 aromatic heterocycles. The van der Waals surface area contributed by atoms with Crippen LogP contribution in [0.15, 0.2) is 30.3 Å². The van der Waals surface area contributed by atoms with Crippen LogP contribution in [0.4, 0.5) is 14.5 Å². The summed E-state index contributed by atoms with van der Waals surface area (Å²) in [7, 11) is 0. The van der Waals surface area contributed by atoms with Crippen molar-refractivity contribution in [3.05, 3.63) is 45.9 Å². The van der Waals surface area contributed by atoms with Crippen LogP contribution in [0.25, 0.3) is 11.0 Å². The van der Waals surface area contributed by atoms with Gasteiger partial charge in [0.2, 0.25) is 0 Å². The number of anilines is 1. The number of hydrogen-bond acceptors (Lipinski definition) is 6. The predicted octanol–water partition coefficient (Wildman–Crippen LogP) is 6.35. The third-order valence-corrected chi connectivity index (χ3v) is 9.92. The molecule has 41 heavy (non-hydrogen) atoms. The largest absolute Gasteiger partial charge is 0.481 e. The van der Waals surface area contributed by atoms with Crippen molar-refractivity contribution in [1.29, 1.82) is 0 Å². The molecule has 1 aliphatic carbocycles. The van der Waals surface area contributed by atoms with Gasteiger partial charge in [-0.1, -0.05) is 34.5 Å². The number of fused-ring (bicyclic) bond motifs is 1. The minimum Gasteiger partial charge on any atom is -0.481 e. The Balaban J connectivity index is 1.19. The van der Waals surface area contributed by atoms with E-state index in [1.807, 2.05) is 26.0 Å². The maximum Gasteiger partial charge on any atom is 0.387 e. The van der Waals surface area contributed by atoms with Crippen LogP contribution in [0.1, 0.15) is 51.1 Å². The molecule has 2 saturated heterocycles. The van der Waals surface area contributed by atoms with Crippen LogP contribution in [0.5, 0.6) is 5.75 Å². The van der Waals surface area contributed by atoms with Crippen LogP contribution in [0.3, 0.4) is 0 Å². The van der Waals surface area contributed by atoms with Gasteiger partial charge < -0.3 is 19.6 Å². The average Bonchev–Trinajstić information content (AvgIpc) is 3.30. The van der Waals surface area contributed by atoms with E-state index in [9.17, 15) is 18.7 Å². The van der Waals surface area contributed by atoms with E-state index in [-0.39, 0.29) is 17.3 Å². The molecule has 0 spiro atoms. The van der Waals surface area contributed by atoms with Crippen molar-refractivity contribution in [3.8, 4) is 5.75 Å². The molecule has 2 atom stereocenters. The second kappa shape index (κ2) is 10.9. The van der Waals surface area contributed by atoms with E-state index in [2.05, 4.69) is 20.1 Å². The Bertz CT molecular complexity index is 1460. The van der Waals surface area contributed by atoms with Gasteiger partial charge in [-0.25, -0.2) is 4.68 Å². The van der Waals surface area contributed by atoms with Crippen LogP contribution >= 0.6 is 23.2 Å². The Hall–Kier alpha value is -2.69. The van der Waals surface area contributed by atoms with E-state index in [1.54, 1.807) is 22.9 Å². The van der Waals surface area contributed by atoms with Crippen molar-refractivity contribution >= 4 is 45.9 Å². The van der Waals surface area contributed by atoms with Crippen molar-refractivity contribution in [3.63, 3.8) is 0 Å². The van der Waals surface area contributed by atoms with Gasteiger partial charge in [0.05, 0.1) is 17.0 Å². The zero-order valence-electron chi connectivity index (χ0n) is 22.9. The monoisotopic (exact) mass is 607 g/mol. The highest BCUT2D eigenvalue weighted by Gasteiger charge is 2.49. The molecule has 6 rings (SSSR count). The summed E-state index contributed by atoms with van der Waals surface area (Å²) < 4.78 is 33.3. The topological polar surface area (TPSA) is 83.7 Å². The number of ether oxygens (including phenoxy) is 1. The number of carbonyl (C=O) groups is 1. The molecule has 3 aromatic rings. The lowest BCUT2D eigenvalue weighted by atomic mass is 9.65. The number of nitrogens with zero attached hydrogens (tertiary/aromatic N) is 5. The number of carboxylic acids is 1. The normalized spacial score (nSPS) is 26.2. The highest BCUT2D eigenvalue weighted by Crippen LogP contribution is 2.46. The Morgan fingerprint density at radius 3 is 2.59 bits per heavy atom. The van der Waals surface area contributed by atoms with E-state index in [4.69, 9.17) is 27.9 Å². The van der Waals surface area contributed by atoms with Crippen LogP contribution in [0.2, 0.25) is 10.0 Å². The average molecular weight is 609 g/mol. The van der Waals surface area contributed by atoms with E-state index in [1.165, 1.54) is 0 Å². The molecule has 8 nitrogen and oxygen atoms in total. The summed E-state index contributed by atoms with van der Waals surface area (Å²) in [5, 5.41) is 19.0. The van der Waals surface area contributed by atoms with Crippen molar-refractivity contribution in [2.24, 2.45) is 17.3 Å². The van der Waals surface area contributed by atoms with E-state index < -0.39 is 18.0 Å². The fraction of sp³-hybridized carbons (Fsp3) is 0.552. The number of benzene rings is 2. The first-order valence-electron chi connectivity index (χ1n) is 14.0. The number of carboxylic acid groups (broad SMARTS) is 1. The number of halogens is 4. The first kappa shape index (κ1) is 28.4. The third kappa shape index (κ3) is 5.34. The maximum absolute atomic E-state index is 13.4. The fourth-order valence-electron chi connectivity index (χ4n) is 6.81. The summed E-state index contributed by atoms with van der Waals surface area (Å²) in [6, 6.07) is 8.80. The Kier molecular flexibility index (Phi) is 7.53. The zero-order chi connectivity index (χ0) is 29.1. The molecule has 12 heteroatoms. The fourth-order valence-corrected chi connectivity index (χ4v) is 7.38. The van der Waals surface area contributed by atoms with Gasteiger partial charge >= 0.3 is 12.6 Å². The summed E-state index contributed by atoms with van der Waals surface area (Å²) in [5.41, 5.74) is 1.81. The predicted molar refractivity (Wildman–Crippen MR) is 153 cm³/mol. The smallest absolute Gasteiger partial charge is 0.387 e. The first-order valence-corrected chi connectivity index (χ1v) is 14.8. The minimum atomic E-state index is -2.99. The second-order valence-corrected chi connectivity index (χ2v) is 12.9. The highest BCUT2D eigenvalue weighted by atomic mass is 35.5. The molecule has 3 fully saturated rings. The van der Waals surface area contributed by atoms with Gasteiger partial charge in [0.25, 0.3) is 0 Å². The number of aromatic nitrogens is 3. The molecular formula is C29H33Cl2F2N5O3. The Morgan fingerprint density at radius 1 is 1.15 bits per heavy atom. The minimum absolute atomic E-state index is 0.00749. The van der Waals surface area contributed by atoms with Crippen molar-refractivity contribution in [2.75, 3.05) is 31.1 Å². The lowest BCUT2D eigenvalue weighted by Crippen LogP contribution is -2.58. The van der Waals surface area contributed by atoms with Crippen molar-refractivity contribution in [1.82, 2.24) is 19.9 Å². The summed E-state index contributed by atoms with van der Waals surface area (Å²) >= 11 is 12.5. The number of likely N-dealkylation sites (tertiary alicyclic amines) is 1.